The number of rotatable bonds is 6. The van der Waals surface area contributed by atoms with Crippen LogP contribution >= 0.6 is 15.9 Å². The van der Waals surface area contributed by atoms with Gasteiger partial charge in [0.05, 0.1) is 5.69 Å². The van der Waals surface area contributed by atoms with Gasteiger partial charge in [-0.15, -0.1) is 0 Å². The molecule has 0 spiro atoms. The van der Waals surface area contributed by atoms with Crippen LogP contribution in [0.5, 0.6) is 0 Å². The number of nitrogens with two attached hydrogens (primary N) is 1. The highest BCUT2D eigenvalue weighted by Gasteiger charge is 2.08. The van der Waals surface area contributed by atoms with E-state index in [-0.39, 0.29) is 5.84 Å². The third-order valence-electron chi connectivity index (χ3n) is 2.60. The van der Waals surface area contributed by atoms with E-state index < -0.39 is 0 Å². The minimum absolute atomic E-state index is 0.101. The number of ether oxygens (including phenoxy) is 1. The molecular weight excluding hydrogens is 298 g/mol. The van der Waals surface area contributed by atoms with Gasteiger partial charge in [-0.3, -0.25) is 0 Å². The Morgan fingerprint density at radius 1 is 1.56 bits per heavy atom. The van der Waals surface area contributed by atoms with Crippen LogP contribution in [0, 0.1) is 0 Å². The number of hydrogen-bond donors (Lipinski definition) is 2. The number of methoxy groups -OCH3 is 1. The van der Waals surface area contributed by atoms with Gasteiger partial charge in [-0.05, 0) is 40.5 Å². The molecule has 1 aromatic rings. The predicted molar refractivity (Wildman–Crippen MR) is 76.4 cm³/mol. The Hall–Kier alpha value is -1.27. The smallest absolute Gasteiger partial charge is 0.170 e. The van der Waals surface area contributed by atoms with Crippen molar-refractivity contribution >= 4 is 27.5 Å². The predicted octanol–water partition coefficient (Wildman–Crippen LogP) is 2.02. The number of nitrogens with zero attached hydrogens (tertiary/aromatic N) is 2. The van der Waals surface area contributed by atoms with E-state index in [4.69, 9.17) is 15.7 Å². The highest BCUT2D eigenvalue weighted by Crippen LogP contribution is 2.26. The van der Waals surface area contributed by atoms with Crippen LogP contribution in [0.25, 0.3) is 0 Å². The molecule has 0 aliphatic rings. The van der Waals surface area contributed by atoms with Gasteiger partial charge in [0.15, 0.2) is 5.84 Å². The Morgan fingerprint density at radius 2 is 2.28 bits per heavy atom. The Kier molecular flexibility index (Phi) is 5.94. The quantitative estimate of drug-likeness (QED) is 0.277. The lowest BCUT2D eigenvalue weighted by Crippen LogP contribution is -2.20. The zero-order chi connectivity index (χ0) is 13.5. The summed E-state index contributed by atoms with van der Waals surface area (Å²) in [4.78, 5) is 2.12. The molecule has 0 atom stereocenters. The Labute approximate surface area is 115 Å². The second kappa shape index (κ2) is 7.23. The number of halogens is 1. The fraction of sp³-hybridized carbons (Fsp3) is 0.417. The summed E-state index contributed by atoms with van der Waals surface area (Å²) in [5, 5.41) is 11.6. The van der Waals surface area contributed by atoms with E-state index in [0.29, 0.717) is 5.56 Å². The Balaban J connectivity index is 2.78. The molecule has 0 radical (unpaired) electrons. The van der Waals surface area contributed by atoms with Crippen LogP contribution in [0.2, 0.25) is 0 Å². The van der Waals surface area contributed by atoms with Crippen molar-refractivity contribution in [3.8, 4) is 0 Å². The zero-order valence-corrected chi connectivity index (χ0v) is 12.1. The molecule has 0 saturated heterocycles. The van der Waals surface area contributed by atoms with E-state index in [1.54, 1.807) is 7.11 Å². The zero-order valence-electron chi connectivity index (χ0n) is 10.6. The lowest BCUT2D eigenvalue weighted by molar-refractivity contribution is 0.196. The summed E-state index contributed by atoms with van der Waals surface area (Å²) in [6.07, 6.45) is 0.960. The normalized spacial score (nSPS) is 11.6. The molecule has 0 fully saturated rings. The number of amidine groups is 1. The van der Waals surface area contributed by atoms with Crippen LogP contribution < -0.4 is 10.6 Å². The van der Waals surface area contributed by atoms with Crippen LogP contribution in [-0.4, -0.2) is 38.4 Å². The summed E-state index contributed by atoms with van der Waals surface area (Å²) in [5.74, 6) is 0.101. The molecule has 6 heteroatoms. The van der Waals surface area contributed by atoms with Gasteiger partial charge >= 0.3 is 0 Å². The maximum Gasteiger partial charge on any atom is 0.170 e. The van der Waals surface area contributed by atoms with Gasteiger partial charge in [0, 0.05) is 37.3 Å². The van der Waals surface area contributed by atoms with E-state index in [1.165, 1.54) is 0 Å². The highest BCUT2D eigenvalue weighted by molar-refractivity contribution is 9.10. The van der Waals surface area contributed by atoms with Gasteiger partial charge in [0.25, 0.3) is 0 Å². The summed E-state index contributed by atoms with van der Waals surface area (Å²) >= 11 is 3.49. The fourth-order valence-electron chi connectivity index (χ4n) is 1.60. The van der Waals surface area contributed by atoms with Crippen molar-refractivity contribution in [3.05, 3.63) is 28.2 Å². The summed E-state index contributed by atoms with van der Waals surface area (Å²) < 4.78 is 5.93. The first-order chi connectivity index (χ1) is 8.60. The van der Waals surface area contributed by atoms with Crippen molar-refractivity contribution in [2.75, 3.05) is 32.2 Å². The summed E-state index contributed by atoms with van der Waals surface area (Å²) in [7, 11) is 3.71. The molecule has 1 rings (SSSR count). The summed E-state index contributed by atoms with van der Waals surface area (Å²) in [6, 6.07) is 5.59. The molecule has 100 valence electrons. The molecule has 0 unspecified atom stereocenters. The molecule has 0 aliphatic heterocycles. The lowest BCUT2D eigenvalue weighted by atomic mass is 10.2. The molecule has 0 saturated carbocycles. The topological polar surface area (TPSA) is 71.1 Å². The van der Waals surface area contributed by atoms with Gasteiger partial charge in [0.2, 0.25) is 0 Å². The van der Waals surface area contributed by atoms with Crippen molar-refractivity contribution in [1.82, 2.24) is 0 Å². The SMILES string of the molecule is COCCCN(C)c1ccc(/C(N)=N/O)cc1Br. The summed E-state index contributed by atoms with van der Waals surface area (Å²) in [6.45, 7) is 1.64. The number of anilines is 1. The Morgan fingerprint density at radius 3 is 2.83 bits per heavy atom. The first kappa shape index (κ1) is 14.8. The fourth-order valence-corrected chi connectivity index (χ4v) is 2.28. The highest BCUT2D eigenvalue weighted by atomic mass is 79.9. The van der Waals surface area contributed by atoms with Crippen molar-refractivity contribution in [2.45, 2.75) is 6.42 Å². The molecule has 0 aromatic heterocycles. The van der Waals surface area contributed by atoms with Crippen LogP contribution in [0.4, 0.5) is 5.69 Å². The minimum Gasteiger partial charge on any atom is -0.409 e. The van der Waals surface area contributed by atoms with E-state index >= 15 is 0 Å². The standard InChI is InChI=1S/C12H18BrN3O2/c1-16(6-3-7-18-2)11-5-4-9(8-10(11)13)12(14)15-17/h4-5,8,17H,3,6-7H2,1-2H3,(H2,14,15). The molecule has 5 nitrogen and oxygen atoms in total. The van der Waals surface area contributed by atoms with Crippen molar-refractivity contribution in [1.29, 1.82) is 0 Å². The minimum atomic E-state index is 0.101. The van der Waals surface area contributed by atoms with Gasteiger partial charge < -0.3 is 20.6 Å². The maximum absolute atomic E-state index is 8.62. The van der Waals surface area contributed by atoms with Gasteiger partial charge in [0.1, 0.15) is 0 Å². The van der Waals surface area contributed by atoms with Gasteiger partial charge in [-0.1, -0.05) is 5.16 Å². The van der Waals surface area contributed by atoms with Crippen LogP contribution in [0.3, 0.4) is 0 Å². The first-order valence-electron chi connectivity index (χ1n) is 5.57. The average Bonchev–Trinajstić information content (AvgIpc) is 2.37. The van der Waals surface area contributed by atoms with E-state index in [1.807, 2.05) is 25.2 Å². The van der Waals surface area contributed by atoms with Crippen LogP contribution in [0.15, 0.2) is 27.8 Å². The number of hydrogen-bond acceptors (Lipinski definition) is 4. The number of benzene rings is 1. The van der Waals surface area contributed by atoms with Crippen molar-refractivity contribution < 1.29 is 9.94 Å². The summed E-state index contributed by atoms with van der Waals surface area (Å²) in [5.41, 5.74) is 7.27. The van der Waals surface area contributed by atoms with E-state index in [9.17, 15) is 0 Å². The third kappa shape index (κ3) is 3.89. The van der Waals surface area contributed by atoms with E-state index in [0.717, 1.165) is 29.7 Å². The average molecular weight is 316 g/mol. The van der Waals surface area contributed by atoms with Crippen LogP contribution in [-0.2, 0) is 4.74 Å². The largest absolute Gasteiger partial charge is 0.409 e. The van der Waals surface area contributed by atoms with Crippen molar-refractivity contribution in [3.63, 3.8) is 0 Å². The van der Waals surface area contributed by atoms with Crippen molar-refractivity contribution in [2.24, 2.45) is 10.9 Å². The third-order valence-corrected chi connectivity index (χ3v) is 3.24. The second-order valence-electron chi connectivity index (χ2n) is 3.92. The van der Waals surface area contributed by atoms with Crippen LogP contribution in [0.1, 0.15) is 12.0 Å². The number of oxime groups is 1. The molecule has 0 heterocycles. The second-order valence-corrected chi connectivity index (χ2v) is 4.77. The van der Waals surface area contributed by atoms with Gasteiger partial charge in [-0.25, -0.2) is 0 Å². The molecule has 0 bridgehead atoms. The molecule has 0 aliphatic carbocycles. The Bertz CT molecular complexity index is 424. The van der Waals surface area contributed by atoms with E-state index in [2.05, 4.69) is 26.0 Å². The molecule has 0 amide bonds. The molecule has 18 heavy (non-hydrogen) atoms. The maximum atomic E-state index is 8.62. The molecular formula is C12H18BrN3O2. The van der Waals surface area contributed by atoms with Gasteiger partial charge in [-0.2, -0.15) is 0 Å². The first-order valence-corrected chi connectivity index (χ1v) is 6.37. The molecule has 3 N–H and O–H groups in total. The monoisotopic (exact) mass is 315 g/mol. The molecule has 1 aromatic carbocycles. The lowest BCUT2D eigenvalue weighted by Gasteiger charge is -2.21.